The molecule has 1 aromatic heterocycles. The van der Waals surface area contributed by atoms with Crippen molar-refractivity contribution in [1.29, 1.82) is 0 Å². The van der Waals surface area contributed by atoms with Gasteiger partial charge in [0.05, 0.1) is 0 Å². The molecule has 1 aliphatic rings. The molecule has 0 aliphatic carbocycles. The van der Waals surface area contributed by atoms with Crippen molar-refractivity contribution in [3.05, 3.63) is 70.9 Å². The van der Waals surface area contributed by atoms with Gasteiger partial charge in [0.25, 0.3) is 0 Å². The van der Waals surface area contributed by atoms with E-state index in [0.717, 1.165) is 13.1 Å². The molecular weight excluding hydrogens is 294 g/mol. The molecule has 124 valence electrons. The van der Waals surface area contributed by atoms with Crippen LogP contribution in [-0.2, 0) is 12.1 Å². The van der Waals surface area contributed by atoms with Crippen molar-refractivity contribution in [3.8, 4) is 0 Å². The van der Waals surface area contributed by atoms with Crippen LogP contribution in [-0.4, -0.2) is 23.5 Å². The Morgan fingerprint density at radius 2 is 1.96 bits per heavy atom. The Hall–Kier alpha value is -2.10. The lowest BCUT2D eigenvalue weighted by Crippen LogP contribution is -2.33. The van der Waals surface area contributed by atoms with Crippen LogP contribution in [0.5, 0.6) is 0 Å². The molecule has 2 heterocycles. The number of aromatic amines is 1. The first-order valence-electron chi connectivity index (χ1n) is 8.59. The third kappa shape index (κ3) is 2.64. The standard InChI is InChI=1S/C21H25N3/c1-21(2,22)17-5-6-18-16(11-17)12-24(3)13-19(18)14-4-7-20-15(10-14)8-9-23-20/h4-11,19,23H,12-13,22H2,1-3H3. The fourth-order valence-corrected chi connectivity index (χ4v) is 3.82. The second-order valence-corrected chi connectivity index (χ2v) is 7.71. The monoisotopic (exact) mass is 319 g/mol. The van der Waals surface area contributed by atoms with Gasteiger partial charge in [0.1, 0.15) is 0 Å². The minimum atomic E-state index is -0.301. The third-order valence-corrected chi connectivity index (χ3v) is 5.18. The first-order valence-corrected chi connectivity index (χ1v) is 8.59. The van der Waals surface area contributed by atoms with Gasteiger partial charge in [0.15, 0.2) is 0 Å². The van der Waals surface area contributed by atoms with E-state index in [2.05, 4.69) is 73.2 Å². The van der Waals surface area contributed by atoms with Gasteiger partial charge in [-0.1, -0.05) is 24.3 Å². The van der Waals surface area contributed by atoms with Crippen LogP contribution in [0.25, 0.3) is 10.9 Å². The average molecular weight is 319 g/mol. The molecule has 3 heteroatoms. The van der Waals surface area contributed by atoms with Gasteiger partial charge in [-0.15, -0.1) is 0 Å². The molecule has 4 rings (SSSR count). The molecule has 0 bridgehead atoms. The molecule has 24 heavy (non-hydrogen) atoms. The van der Waals surface area contributed by atoms with Gasteiger partial charge in [0, 0.05) is 36.3 Å². The summed E-state index contributed by atoms with van der Waals surface area (Å²) in [5.74, 6) is 0.410. The highest BCUT2D eigenvalue weighted by Gasteiger charge is 2.26. The second-order valence-electron chi connectivity index (χ2n) is 7.71. The summed E-state index contributed by atoms with van der Waals surface area (Å²) in [6, 6.07) is 15.7. The third-order valence-electron chi connectivity index (χ3n) is 5.18. The van der Waals surface area contributed by atoms with Crippen LogP contribution in [0.1, 0.15) is 42.0 Å². The Morgan fingerprint density at radius 1 is 1.12 bits per heavy atom. The minimum Gasteiger partial charge on any atom is -0.361 e. The van der Waals surface area contributed by atoms with Crippen LogP contribution in [0, 0.1) is 0 Å². The van der Waals surface area contributed by atoms with Crippen molar-refractivity contribution < 1.29 is 0 Å². The first kappa shape index (κ1) is 15.4. The number of hydrogen-bond acceptors (Lipinski definition) is 2. The van der Waals surface area contributed by atoms with Crippen molar-refractivity contribution in [1.82, 2.24) is 9.88 Å². The Morgan fingerprint density at radius 3 is 2.75 bits per heavy atom. The highest BCUT2D eigenvalue weighted by Crippen LogP contribution is 2.35. The number of fused-ring (bicyclic) bond motifs is 2. The van der Waals surface area contributed by atoms with Crippen molar-refractivity contribution in [2.75, 3.05) is 13.6 Å². The van der Waals surface area contributed by atoms with E-state index < -0.39 is 0 Å². The number of rotatable bonds is 2. The lowest BCUT2D eigenvalue weighted by atomic mass is 9.82. The number of aromatic nitrogens is 1. The smallest absolute Gasteiger partial charge is 0.0454 e. The topological polar surface area (TPSA) is 45.0 Å². The van der Waals surface area contributed by atoms with E-state index in [1.807, 2.05) is 6.20 Å². The number of benzene rings is 2. The number of nitrogens with one attached hydrogen (secondary N) is 1. The molecule has 0 spiro atoms. The number of H-pyrrole nitrogens is 1. The fourth-order valence-electron chi connectivity index (χ4n) is 3.82. The van der Waals surface area contributed by atoms with Crippen LogP contribution in [0.2, 0.25) is 0 Å². The van der Waals surface area contributed by atoms with E-state index in [4.69, 9.17) is 5.73 Å². The zero-order valence-electron chi connectivity index (χ0n) is 14.6. The molecule has 3 N–H and O–H groups in total. The summed E-state index contributed by atoms with van der Waals surface area (Å²) in [7, 11) is 2.20. The van der Waals surface area contributed by atoms with Gasteiger partial charge < -0.3 is 15.6 Å². The maximum absolute atomic E-state index is 6.30. The molecule has 2 aromatic carbocycles. The number of likely N-dealkylation sites (N-methyl/N-ethyl adjacent to an activating group) is 1. The zero-order chi connectivity index (χ0) is 16.9. The predicted molar refractivity (Wildman–Crippen MR) is 100 cm³/mol. The normalized spacial score (nSPS) is 18.8. The lowest BCUT2D eigenvalue weighted by molar-refractivity contribution is 0.295. The van der Waals surface area contributed by atoms with Gasteiger partial charge in [-0.05, 0) is 66.7 Å². The largest absolute Gasteiger partial charge is 0.361 e. The highest BCUT2D eigenvalue weighted by atomic mass is 15.1. The highest BCUT2D eigenvalue weighted by molar-refractivity contribution is 5.80. The molecule has 1 aliphatic heterocycles. The summed E-state index contributed by atoms with van der Waals surface area (Å²) in [6.45, 7) is 6.17. The van der Waals surface area contributed by atoms with E-state index in [0.29, 0.717) is 5.92 Å². The summed E-state index contributed by atoms with van der Waals surface area (Å²) in [4.78, 5) is 5.68. The van der Waals surface area contributed by atoms with E-state index in [-0.39, 0.29) is 5.54 Å². The molecule has 3 nitrogen and oxygen atoms in total. The van der Waals surface area contributed by atoms with Gasteiger partial charge in [0.2, 0.25) is 0 Å². The number of nitrogens with zero attached hydrogens (tertiary/aromatic N) is 1. The summed E-state index contributed by atoms with van der Waals surface area (Å²) < 4.78 is 0. The minimum absolute atomic E-state index is 0.301. The maximum atomic E-state index is 6.30. The summed E-state index contributed by atoms with van der Waals surface area (Å²) in [5, 5.41) is 1.28. The van der Waals surface area contributed by atoms with Gasteiger partial charge >= 0.3 is 0 Å². The van der Waals surface area contributed by atoms with Crippen LogP contribution >= 0.6 is 0 Å². The maximum Gasteiger partial charge on any atom is 0.0454 e. The molecule has 3 aromatic rings. The molecule has 0 saturated carbocycles. The Labute approximate surface area is 143 Å². The average Bonchev–Trinajstić information content (AvgIpc) is 3.00. The van der Waals surface area contributed by atoms with Crippen molar-refractivity contribution in [2.45, 2.75) is 31.8 Å². The molecule has 0 amide bonds. The molecule has 0 radical (unpaired) electrons. The van der Waals surface area contributed by atoms with Crippen LogP contribution in [0.4, 0.5) is 0 Å². The summed E-state index contributed by atoms with van der Waals surface area (Å²) >= 11 is 0. The molecule has 1 atom stereocenters. The van der Waals surface area contributed by atoms with Crippen molar-refractivity contribution in [2.24, 2.45) is 5.73 Å². The SMILES string of the molecule is CN1Cc2cc(C(C)(C)N)ccc2C(c2ccc3[nH]ccc3c2)C1. The Kier molecular flexibility index (Phi) is 3.52. The second kappa shape index (κ2) is 5.47. The Bertz CT molecular complexity index is 885. The molecule has 0 fully saturated rings. The number of hydrogen-bond donors (Lipinski definition) is 2. The molecular formula is C21H25N3. The lowest BCUT2D eigenvalue weighted by Gasteiger charge is -2.34. The Balaban J connectivity index is 1.80. The van der Waals surface area contributed by atoms with Crippen LogP contribution in [0.3, 0.4) is 0 Å². The van der Waals surface area contributed by atoms with Crippen molar-refractivity contribution in [3.63, 3.8) is 0 Å². The van der Waals surface area contributed by atoms with E-state index in [9.17, 15) is 0 Å². The zero-order valence-corrected chi connectivity index (χ0v) is 14.6. The van der Waals surface area contributed by atoms with E-state index >= 15 is 0 Å². The summed E-state index contributed by atoms with van der Waals surface area (Å²) in [6.07, 6.45) is 2.00. The van der Waals surface area contributed by atoms with Crippen LogP contribution < -0.4 is 5.73 Å². The van der Waals surface area contributed by atoms with Gasteiger partial charge in [-0.2, -0.15) is 0 Å². The predicted octanol–water partition coefficient (Wildman–Crippen LogP) is 3.94. The van der Waals surface area contributed by atoms with Gasteiger partial charge in [-0.3, -0.25) is 0 Å². The van der Waals surface area contributed by atoms with Crippen molar-refractivity contribution >= 4 is 10.9 Å². The first-order chi connectivity index (χ1) is 11.4. The van der Waals surface area contributed by atoms with E-state index in [1.165, 1.54) is 33.2 Å². The fraction of sp³-hybridized carbons (Fsp3) is 0.333. The molecule has 0 saturated heterocycles. The van der Waals surface area contributed by atoms with Gasteiger partial charge in [-0.25, -0.2) is 0 Å². The van der Waals surface area contributed by atoms with Crippen LogP contribution in [0.15, 0.2) is 48.7 Å². The quantitative estimate of drug-likeness (QED) is 0.751. The van der Waals surface area contributed by atoms with E-state index in [1.54, 1.807) is 0 Å². The number of nitrogens with two attached hydrogens (primary N) is 1. The summed E-state index contributed by atoms with van der Waals surface area (Å²) in [5.41, 5.74) is 12.6. The molecule has 1 unspecified atom stereocenters.